The van der Waals surface area contributed by atoms with Crippen molar-refractivity contribution in [1.29, 1.82) is 0 Å². The Morgan fingerprint density at radius 1 is 1.25 bits per heavy atom. The zero-order valence-corrected chi connectivity index (χ0v) is 15.7. The molecule has 0 fully saturated rings. The van der Waals surface area contributed by atoms with Gasteiger partial charge in [-0.25, -0.2) is 4.98 Å². The fourth-order valence-electron chi connectivity index (χ4n) is 3.00. The van der Waals surface area contributed by atoms with E-state index in [-0.39, 0.29) is 5.75 Å². The highest BCUT2D eigenvalue weighted by Crippen LogP contribution is 2.33. The molecular formula is C19H17N5O3S. The van der Waals surface area contributed by atoms with Crippen molar-refractivity contribution in [3.8, 4) is 22.5 Å². The third kappa shape index (κ3) is 3.71. The number of carboxylic acids is 1. The van der Waals surface area contributed by atoms with Crippen molar-refractivity contribution in [1.82, 2.24) is 20.2 Å². The molecule has 2 aromatic carbocycles. The number of nitrogens with zero attached hydrogens (tertiary/aromatic N) is 2. The van der Waals surface area contributed by atoms with Gasteiger partial charge in [-0.15, -0.1) is 5.10 Å². The average molecular weight is 395 g/mol. The van der Waals surface area contributed by atoms with Crippen LogP contribution in [0.4, 0.5) is 5.69 Å². The molecule has 0 saturated carbocycles. The number of aromatic nitrogens is 4. The number of hydrogen-bond donors (Lipinski definition) is 4. The summed E-state index contributed by atoms with van der Waals surface area (Å²) in [6.45, 7) is 0. The van der Waals surface area contributed by atoms with E-state index < -0.39 is 5.97 Å². The number of carbonyl (C=O) groups is 1. The number of anilines is 1. The van der Waals surface area contributed by atoms with Crippen LogP contribution in [0, 0.1) is 0 Å². The van der Waals surface area contributed by atoms with Gasteiger partial charge in [-0.1, -0.05) is 23.9 Å². The lowest BCUT2D eigenvalue weighted by Gasteiger charge is -2.10. The predicted octanol–water partition coefficient (Wildman–Crippen LogP) is 3.77. The van der Waals surface area contributed by atoms with Crippen molar-refractivity contribution in [3.05, 3.63) is 48.7 Å². The normalized spacial score (nSPS) is 11.0. The van der Waals surface area contributed by atoms with Crippen molar-refractivity contribution < 1.29 is 14.7 Å². The van der Waals surface area contributed by atoms with Gasteiger partial charge in [0.2, 0.25) is 5.16 Å². The number of hydrogen-bond acceptors (Lipinski definition) is 6. The van der Waals surface area contributed by atoms with Crippen LogP contribution in [0.5, 0.6) is 0 Å². The second kappa shape index (κ2) is 7.75. The molecule has 0 spiro atoms. The molecule has 0 unspecified atom stereocenters. The van der Waals surface area contributed by atoms with Gasteiger partial charge in [0, 0.05) is 22.7 Å². The standard InChI is InChI=1S/C19H17N5O3S/c1-27-24-13-8-11(14-3-2-4-16-15(14)5-6-20-16)7-12(9-13)18-21-19(23-22-18)28-10-17(25)26/h2-9,20,24H,10H2,1H3,(H,25,26)(H,21,22,23). The summed E-state index contributed by atoms with van der Waals surface area (Å²) >= 11 is 1.06. The fourth-order valence-corrected chi connectivity index (χ4v) is 3.52. The zero-order chi connectivity index (χ0) is 19.5. The number of thioether (sulfide) groups is 1. The molecular weight excluding hydrogens is 378 g/mol. The number of rotatable bonds is 7. The van der Waals surface area contributed by atoms with Crippen molar-refractivity contribution in [2.75, 3.05) is 18.3 Å². The molecule has 4 rings (SSSR count). The Balaban J connectivity index is 1.76. The predicted molar refractivity (Wildman–Crippen MR) is 108 cm³/mol. The monoisotopic (exact) mass is 395 g/mol. The second-order valence-electron chi connectivity index (χ2n) is 6.00. The summed E-state index contributed by atoms with van der Waals surface area (Å²) in [6.07, 6.45) is 1.91. The first-order chi connectivity index (χ1) is 13.6. The van der Waals surface area contributed by atoms with E-state index in [9.17, 15) is 4.79 Å². The van der Waals surface area contributed by atoms with Gasteiger partial charge in [-0.05, 0) is 41.5 Å². The Morgan fingerprint density at radius 3 is 2.93 bits per heavy atom. The SMILES string of the molecule is CONc1cc(-c2nc(SCC(=O)O)n[nH]2)cc(-c2cccc3[nH]ccc23)c1. The minimum atomic E-state index is -0.912. The van der Waals surface area contributed by atoms with Crippen molar-refractivity contribution in [2.24, 2.45) is 0 Å². The summed E-state index contributed by atoms with van der Waals surface area (Å²) in [5.41, 5.74) is 7.54. The molecule has 4 N–H and O–H groups in total. The van der Waals surface area contributed by atoms with Crippen molar-refractivity contribution in [2.45, 2.75) is 5.16 Å². The Hall–Kier alpha value is -3.30. The molecule has 2 heterocycles. The molecule has 0 radical (unpaired) electrons. The fraction of sp³-hybridized carbons (Fsp3) is 0.105. The molecule has 142 valence electrons. The summed E-state index contributed by atoms with van der Waals surface area (Å²) in [5.74, 6) is -0.455. The first-order valence-corrected chi connectivity index (χ1v) is 9.40. The molecule has 0 aliphatic heterocycles. The highest BCUT2D eigenvalue weighted by Gasteiger charge is 2.12. The van der Waals surface area contributed by atoms with Gasteiger partial charge in [0.1, 0.15) is 0 Å². The van der Waals surface area contributed by atoms with Gasteiger partial charge in [0.25, 0.3) is 0 Å². The lowest BCUT2D eigenvalue weighted by molar-refractivity contribution is -0.133. The van der Waals surface area contributed by atoms with E-state index in [0.29, 0.717) is 11.0 Å². The lowest BCUT2D eigenvalue weighted by atomic mass is 9.99. The third-order valence-electron chi connectivity index (χ3n) is 4.12. The lowest BCUT2D eigenvalue weighted by Crippen LogP contribution is -1.98. The Bertz CT molecular complexity index is 1140. The highest BCUT2D eigenvalue weighted by molar-refractivity contribution is 7.99. The molecule has 0 bridgehead atoms. The Kier molecular flexibility index (Phi) is 5.00. The van der Waals surface area contributed by atoms with Crippen LogP contribution >= 0.6 is 11.8 Å². The quantitative estimate of drug-likeness (QED) is 0.278. The molecule has 8 nitrogen and oxygen atoms in total. The molecule has 2 aromatic heterocycles. The minimum absolute atomic E-state index is 0.0939. The van der Waals surface area contributed by atoms with Crippen LogP contribution in [0.15, 0.2) is 53.8 Å². The molecule has 0 aliphatic carbocycles. The minimum Gasteiger partial charge on any atom is -0.481 e. The average Bonchev–Trinajstić information content (AvgIpc) is 3.35. The number of nitrogens with one attached hydrogen (secondary N) is 3. The van der Waals surface area contributed by atoms with Crippen LogP contribution < -0.4 is 5.48 Å². The van der Waals surface area contributed by atoms with Gasteiger partial charge in [0.05, 0.1) is 18.6 Å². The van der Waals surface area contributed by atoms with Gasteiger partial charge in [-0.3, -0.25) is 20.2 Å². The van der Waals surface area contributed by atoms with E-state index in [2.05, 4.69) is 31.7 Å². The second-order valence-corrected chi connectivity index (χ2v) is 6.94. The largest absolute Gasteiger partial charge is 0.481 e. The number of benzene rings is 2. The van der Waals surface area contributed by atoms with E-state index in [1.54, 1.807) is 7.11 Å². The number of aliphatic carboxylic acids is 1. The van der Waals surface area contributed by atoms with Crippen LogP contribution in [-0.4, -0.2) is 44.1 Å². The number of carboxylic acid groups (broad SMARTS) is 1. The van der Waals surface area contributed by atoms with Crippen molar-refractivity contribution in [3.63, 3.8) is 0 Å². The summed E-state index contributed by atoms with van der Waals surface area (Å²) in [6, 6.07) is 14.0. The molecule has 0 aliphatic rings. The maximum absolute atomic E-state index is 10.7. The van der Waals surface area contributed by atoms with Crippen LogP contribution in [0.2, 0.25) is 0 Å². The van der Waals surface area contributed by atoms with Crippen LogP contribution in [-0.2, 0) is 9.63 Å². The number of fused-ring (bicyclic) bond motifs is 1. The highest BCUT2D eigenvalue weighted by atomic mass is 32.2. The van der Waals surface area contributed by atoms with E-state index in [0.717, 1.165) is 45.0 Å². The van der Waals surface area contributed by atoms with E-state index >= 15 is 0 Å². The van der Waals surface area contributed by atoms with E-state index in [1.165, 1.54) is 0 Å². The Labute approximate surface area is 164 Å². The molecule has 4 aromatic rings. The first kappa shape index (κ1) is 18.1. The van der Waals surface area contributed by atoms with E-state index in [4.69, 9.17) is 9.94 Å². The van der Waals surface area contributed by atoms with Gasteiger partial charge in [-0.2, -0.15) is 0 Å². The third-order valence-corrected chi connectivity index (χ3v) is 4.95. The van der Waals surface area contributed by atoms with Crippen molar-refractivity contribution >= 4 is 34.3 Å². The molecule has 0 amide bonds. The summed E-state index contributed by atoms with van der Waals surface area (Å²) in [7, 11) is 1.55. The summed E-state index contributed by atoms with van der Waals surface area (Å²) < 4.78 is 0. The molecule has 0 saturated heterocycles. The molecule has 9 heteroatoms. The smallest absolute Gasteiger partial charge is 0.313 e. The number of H-pyrrole nitrogens is 2. The van der Waals surface area contributed by atoms with Gasteiger partial charge >= 0.3 is 5.97 Å². The van der Waals surface area contributed by atoms with E-state index in [1.807, 2.05) is 42.6 Å². The van der Waals surface area contributed by atoms with Crippen LogP contribution in [0.3, 0.4) is 0 Å². The van der Waals surface area contributed by atoms with Gasteiger partial charge in [0.15, 0.2) is 5.82 Å². The summed E-state index contributed by atoms with van der Waals surface area (Å²) in [5, 5.41) is 17.3. The maximum atomic E-state index is 10.7. The Morgan fingerprint density at radius 2 is 2.11 bits per heavy atom. The van der Waals surface area contributed by atoms with Gasteiger partial charge < -0.3 is 10.1 Å². The topological polar surface area (TPSA) is 116 Å². The molecule has 28 heavy (non-hydrogen) atoms. The molecule has 0 atom stereocenters. The summed E-state index contributed by atoms with van der Waals surface area (Å²) in [4.78, 5) is 23.4. The van der Waals surface area contributed by atoms with Crippen LogP contribution in [0.25, 0.3) is 33.4 Å². The zero-order valence-electron chi connectivity index (χ0n) is 14.9. The first-order valence-electron chi connectivity index (χ1n) is 8.42. The number of aromatic amines is 2. The van der Waals surface area contributed by atoms with Crippen LogP contribution in [0.1, 0.15) is 0 Å². The maximum Gasteiger partial charge on any atom is 0.313 e.